The summed E-state index contributed by atoms with van der Waals surface area (Å²) in [5, 5.41) is 2.20. The summed E-state index contributed by atoms with van der Waals surface area (Å²) in [7, 11) is 0. The molecule has 0 spiro atoms. The predicted molar refractivity (Wildman–Crippen MR) is 133 cm³/mol. The SMILES string of the molecule is CCOC(=O)COc1c(I)cc(C=C2C(=O)NC(=O)N(c3ccc(C)cc3)C2=O)cc1OCC. The fourth-order valence-electron chi connectivity index (χ4n) is 3.16. The molecule has 2 aromatic carbocycles. The van der Waals surface area contributed by atoms with Crippen molar-refractivity contribution in [1.82, 2.24) is 5.32 Å². The third-order valence-corrected chi connectivity index (χ3v) is 5.48. The number of esters is 1. The lowest BCUT2D eigenvalue weighted by Gasteiger charge is -2.26. The lowest BCUT2D eigenvalue weighted by molar-refractivity contribution is -0.145. The van der Waals surface area contributed by atoms with Crippen LogP contribution in [0.25, 0.3) is 6.08 Å². The van der Waals surface area contributed by atoms with E-state index in [2.05, 4.69) is 5.32 Å². The van der Waals surface area contributed by atoms with Crippen LogP contribution in [0, 0.1) is 10.5 Å². The van der Waals surface area contributed by atoms with E-state index in [1.165, 1.54) is 6.08 Å². The van der Waals surface area contributed by atoms with Crippen molar-refractivity contribution in [2.45, 2.75) is 20.8 Å². The number of carbonyl (C=O) groups is 4. The van der Waals surface area contributed by atoms with Crippen LogP contribution in [-0.2, 0) is 19.1 Å². The Morgan fingerprint density at radius 2 is 1.76 bits per heavy atom. The number of halogens is 1. The number of benzene rings is 2. The van der Waals surface area contributed by atoms with Crippen LogP contribution in [0.15, 0.2) is 42.0 Å². The van der Waals surface area contributed by atoms with E-state index in [0.29, 0.717) is 32.9 Å². The molecule has 0 radical (unpaired) electrons. The largest absolute Gasteiger partial charge is 0.490 e. The molecular weight excluding hydrogens is 555 g/mol. The molecule has 0 saturated carbocycles. The van der Waals surface area contributed by atoms with Crippen LogP contribution in [-0.4, -0.2) is 43.6 Å². The molecule has 1 saturated heterocycles. The first-order valence-corrected chi connectivity index (χ1v) is 11.6. The second kappa shape index (κ2) is 11.1. The first kappa shape index (κ1) is 25.2. The molecule has 0 aromatic heterocycles. The Morgan fingerprint density at radius 1 is 1.06 bits per heavy atom. The van der Waals surface area contributed by atoms with Crippen LogP contribution in [0.5, 0.6) is 11.5 Å². The molecule has 2 aromatic rings. The molecule has 0 atom stereocenters. The van der Waals surface area contributed by atoms with Gasteiger partial charge in [0.05, 0.1) is 22.5 Å². The molecule has 4 amide bonds. The predicted octanol–water partition coefficient (Wildman–Crippen LogP) is 3.61. The number of hydrogen-bond donors (Lipinski definition) is 1. The Balaban J connectivity index is 1.95. The Kier molecular flexibility index (Phi) is 8.26. The van der Waals surface area contributed by atoms with Crippen LogP contribution < -0.4 is 19.7 Å². The number of barbiturate groups is 1. The van der Waals surface area contributed by atoms with Crippen molar-refractivity contribution in [3.63, 3.8) is 0 Å². The van der Waals surface area contributed by atoms with E-state index in [1.807, 2.05) is 29.5 Å². The van der Waals surface area contributed by atoms with Gasteiger partial charge in [-0.05, 0) is 79.3 Å². The minimum atomic E-state index is -0.816. The zero-order chi connectivity index (χ0) is 24.8. The van der Waals surface area contributed by atoms with Crippen molar-refractivity contribution < 1.29 is 33.4 Å². The van der Waals surface area contributed by atoms with Gasteiger partial charge in [0.2, 0.25) is 0 Å². The van der Waals surface area contributed by atoms with Crippen LogP contribution in [0.2, 0.25) is 0 Å². The van der Waals surface area contributed by atoms with Crippen molar-refractivity contribution in [2.24, 2.45) is 0 Å². The number of urea groups is 1. The van der Waals surface area contributed by atoms with E-state index in [1.54, 1.807) is 50.2 Å². The number of ether oxygens (including phenoxy) is 3. The van der Waals surface area contributed by atoms with Crippen molar-refractivity contribution in [1.29, 1.82) is 0 Å². The second-order valence-electron chi connectivity index (χ2n) is 7.15. The Bertz CT molecular complexity index is 1160. The highest BCUT2D eigenvalue weighted by molar-refractivity contribution is 14.1. The quantitative estimate of drug-likeness (QED) is 0.221. The van der Waals surface area contributed by atoms with E-state index in [-0.39, 0.29) is 18.8 Å². The van der Waals surface area contributed by atoms with Gasteiger partial charge < -0.3 is 14.2 Å². The molecule has 0 bridgehead atoms. The Hall–Kier alpha value is -3.41. The highest BCUT2D eigenvalue weighted by Gasteiger charge is 2.36. The third-order valence-electron chi connectivity index (χ3n) is 4.68. The summed E-state index contributed by atoms with van der Waals surface area (Å²) in [5.41, 5.74) is 1.58. The minimum Gasteiger partial charge on any atom is -0.490 e. The lowest BCUT2D eigenvalue weighted by atomic mass is 10.1. The van der Waals surface area contributed by atoms with E-state index in [9.17, 15) is 19.2 Å². The molecule has 9 nitrogen and oxygen atoms in total. The number of nitrogens with zero attached hydrogens (tertiary/aromatic N) is 1. The molecule has 10 heteroatoms. The monoisotopic (exact) mass is 578 g/mol. The number of aryl methyl sites for hydroxylation is 1. The minimum absolute atomic E-state index is 0.210. The summed E-state index contributed by atoms with van der Waals surface area (Å²) in [6, 6.07) is 9.24. The van der Waals surface area contributed by atoms with Crippen LogP contribution in [0.4, 0.5) is 10.5 Å². The van der Waals surface area contributed by atoms with Crippen LogP contribution in [0.3, 0.4) is 0 Å². The van der Waals surface area contributed by atoms with Gasteiger partial charge in [-0.3, -0.25) is 14.9 Å². The molecule has 0 unspecified atom stereocenters. The third kappa shape index (κ3) is 5.74. The summed E-state index contributed by atoms with van der Waals surface area (Å²) < 4.78 is 16.7. The average molecular weight is 578 g/mol. The summed E-state index contributed by atoms with van der Waals surface area (Å²) >= 11 is 2.01. The number of hydrogen-bond acceptors (Lipinski definition) is 7. The maximum atomic E-state index is 13.1. The number of carbonyl (C=O) groups excluding carboxylic acids is 4. The van der Waals surface area contributed by atoms with Gasteiger partial charge in [0, 0.05) is 0 Å². The zero-order valence-electron chi connectivity index (χ0n) is 18.8. The van der Waals surface area contributed by atoms with Gasteiger partial charge in [0.25, 0.3) is 11.8 Å². The standard InChI is InChI=1S/C24H23IN2O7/c1-4-32-19-12-15(11-18(25)21(19)34-13-20(28)33-5-2)10-17-22(29)26-24(31)27(23(17)30)16-8-6-14(3)7-9-16/h6-12H,4-5,13H2,1-3H3,(H,26,29,31). The number of nitrogens with one attached hydrogen (secondary N) is 1. The van der Waals surface area contributed by atoms with Gasteiger partial charge in [-0.25, -0.2) is 14.5 Å². The smallest absolute Gasteiger partial charge is 0.344 e. The van der Waals surface area contributed by atoms with E-state index < -0.39 is 23.8 Å². The molecule has 1 heterocycles. The van der Waals surface area contributed by atoms with E-state index >= 15 is 0 Å². The fourth-order valence-corrected chi connectivity index (χ4v) is 3.94. The van der Waals surface area contributed by atoms with Gasteiger partial charge in [-0.2, -0.15) is 0 Å². The van der Waals surface area contributed by atoms with Gasteiger partial charge in [-0.1, -0.05) is 17.7 Å². The molecule has 178 valence electrons. The number of anilines is 1. The first-order chi connectivity index (χ1) is 16.2. The summed E-state index contributed by atoms with van der Waals surface area (Å²) in [5.74, 6) is -1.38. The van der Waals surface area contributed by atoms with Crippen LogP contribution >= 0.6 is 22.6 Å². The molecule has 1 N–H and O–H groups in total. The number of rotatable bonds is 8. The topological polar surface area (TPSA) is 111 Å². The Labute approximate surface area is 210 Å². The molecule has 0 aliphatic carbocycles. The highest BCUT2D eigenvalue weighted by Crippen LogP contribution is 2.35. The van der Waals surface area contributed by atoms with Crippen molar-refractivity contribution in [3.8, 4) is 11.5 Å². The second-order valence-corrected chi connectivity index (χ2v) is 8.31. The van der Waals surface area contributed by atoms with Gasteiger partial charge in [0.15, 0.2) is 18.1 Å². The van der Waals surface area contributed by atoms with Gasteiger partial charge in [-0.15, -0.1) is 0 Å². The summed E-state index contributed by atoms with van der Waals surface area (Å²) in [6.45, 7) is 5.64. The molecule has 1 fully saturated rings. The maximum absolute atomic E-state index is 13.1. The van der Waals surface area contributed by atoms with Crippen molar-refractivity contribution in [2.75, 3.05) is 24.7 Å². The Morgan fingerprint density at radius 3 is 2.41 bits per heavy atom. The van der Waals surface area contributed by atoms with E-state index in [0.717, 1.165) is 10.5 Å². The molecule has 1 aliphatic heterocycles. The van der Waals surface area contributed by atoms with Crippen molar-refractivity contribution >= 4 is 58.2 Å². The molecule has 34 heavy (non-hydrogen) atoms. The lowest BCUT2D eigenvalue weighted by Crippen LogP contribution is -2.54. The summed E-state index contributed by atoms with van der Waals surface area (Å²) in [6.07, 6.45) is 1.38. The molecule has 1 aliphatic rings. The normalized spacial score (nSPS) is 14.8. The average Bonchev–Trinajstić information content (AvgIpc) is 2.77. The van der Waals surface area contributed by atoms with Crippen molar-refractivity contribution in [3.05, 3.63) is 56.7 Å². The van der Waals surface area contributed by atoms with Gasteiger partial charge >= 0.3 is 12.0 Å². The number of imide groups is 2. The zero-order valence-corrected chi connectivity index (χ0v) is 21.0. The maximum Gasteiger partial charge on any atom is 0.344 e. The summed E-state index contributed by atoms with van der Waals surface area (Å²) in [4.78, 5) is 50.6. The molecule has 3 rings (SSSR count). The fraction of sp³-hybridized carbons (Fsp3) is 0.250. The van der Waals surface area contributed by atoms with Gasteiger partial charge in [0.1, 0.15) is 5.57 Å². The first-order valence-electron chi connectivity index (χ1n) is 10.5. The van der Waals surface area contributed by atoms with E-state index in [4.69, 9.17) is 14.2 Å². The van der Waals surface area contributed by atoms with Crippen LogP contribution in [0.1, 0.15) is 25.0 Å². The highest BCUT2D eigenvalue weighted by atomic mass is 127. The number of amides is 4. The molecular formula is C24H23IN2O7.